The van der Waals surface area contributed by atoms with Crippen molar-refractivity contribution in [2.75, 3.05) is 5.32 Å². The van der Waals surface area contributed by atoms with Crippen LogP contribution in [0.25, 0.3) is 0 Å². The van der Waals surface area contributed by atoms with Crippen LogP contribution in [0.2, 0.25) is 5.02 Å². The summed E-state index contributed by atoms with van der Waals surface area (Å²) < 4.78 is 4.84. The van der Waals surface area contributed by atoms with Crippen LogP contribution in [0.3, 0.4) is 0 Å². The highest BCUT2D eigenvalue weighted by atomic mass is 35.5. The third-order valence-corrected chi connectivity index (χ3v) is 4.23. The number of carbonyl (C=O) groups excluding carboxylic acids is 3. The van der Waals surface area contributed by atoms with Gasteiger partial charge in [0.2, 0.25) is 5.91 Å². The van der Waals surface area contributed by atoms with E-state index in [2.05, 4.69) is 16.0 Å². The zero-order chi connectivity index (χ0) is 18.7. The molecule has 2 aromatic rings. The molecule has 0 radical (unpaired) electrons. The average Bonchev–Trinajstić information content (AvgIpc) is 3.23. The highest BCUT2D eigenvalue weighted by Crippen LogP contribution is 2.24. The van der Waals surface area contributed by atoms with Gasteiger partial charge in [-0.05, 0) is 44.0 Å². The van der Waals surface area contributed by atoms with E-state index in [0.717, 1.165) is 12.8 Å². The molecule has 0 spiro atoms. The predicted octanol–water partition coefficient (Wildman–Crippen LogP) is 2.58. The predicted molar refractivity (Wildman–Crippen MR) is 96.2 cm³/mol. The summed E-state index contributed by atoms with van der Waals surface area (Å²) >= 11 is 6.15. The first-order valence-corrected chi connectivity index (χ1v) is 8.56. The molecule has 1 aliphatic carbocycles. The summed E-state index contributed by atoms with van der Waals surface area (Å²) in [6, 6.07) is 5.63. The van der Waals surface area contributed by atoms with Gasteiger partial charge in [-0.2, -0.15) is 0 Å². The first kappa shape index (κ1) is 18.0. The minimum atomic E-state index is -0.769. The molecule has 8 heteroatoms. The van der Waals surface area contributed by atoms with E-state index in [9.17, 15) is 14.4 Å². The Hall–Kier alpha value is -2.80. The van der Waals surface area contributed by atoms with Crippen molar-refractivity contribution in [3.8, 4) is 0 Å². The third-order valence-electron chi connectivity index (χ3n) is 3.92. The molecule has 136 valence electrons. The number of furan rings is 1. The van der Waals surface area contributed by atoms with E-state index in [0.29, 0.717) is 16.8 Å². The summed E-state index contributed by atoms with van der Waals surface area (Å²) in [6.45, 7) is 1.56. The maximum atomic E-state index is 12.2. The Morgan fingerprint density at radius 3 is 2.58 bits per heavy atom. The maximum Gasteiger partial charge on any atom is 0.255 e. The van der Waals surface area contributed by atoms with Gasteiger partial charge in [0.05, 0.1) is 22.4 Å². The molecule has 3 rings (SSSR count). The molecule has 1 fully saturated rings. The molecule has 0 unspecified atom stereocenters. The lowest BCUT2D eigenvalue weighted by atomic mass is 10.1. The van der Waals surface area contributed by atoms with Crippen LogP contribution in [0, 0.1) is 0 Å². The van der Waals surface area contributed by atoms with Gasteiger partial charge < -0.3 is 20.4 Å². The molecule has 1 saturated carbocycles. The van der Waals surface area contributed by atoms with E-state index in [-0.39, 0.29) is 17.0 Å². The van der Waals surface area contributed by atoms with E-state index in [1.807, 2.05) is 0 Å². The Labute approximate surface area is 155 Å². The first-order valence-electron chi connectivity index (χ1n) is 8.18. The molecular weight excluding hydrogens is 358 g/mol. The second-order valence-electron chi connectivity index (χ2n) is 6.14. The molecule has 3 N–H and O–H groups in total. The van der Waals surface area contributed by atoms with Crippen LogP contribution in [0.4, 0.5) is 5.69 Å². The quantitative estimate of drug-likeness (QED) is 0.722. The molecule has 0 aliphatic heterocycles. The molecule has 1 aliphatic rings. The van der Waals surface area contributed by atoms with Crippen LogP contribution in [-0.2, 0) is 4.79 Å². The highest BCUT2D eigenvalue weighted by molar-refractivity contribution is 6.34. The van der Waals surface area contributed by atoms with Crippen molar-refractivity contribution >= 4 is 35.0 Å². The van der Waals surface area contributed by atoms with Crippen LogP contribution in [-0.4, -0.2) is 29.8 Å². The van der Waals surface area contributed by atoms with Gasteiger partial charge >= 0.3 is 0 Å². The number of halogens is 1. The Bertz CT molecular complexity index is 831. The lowest BCUT2D eigenvalue weighted by Gasteiger charge is -2.14. The number of carbonyl (C=O) groups is 3. The Balaban J connectivity index is 1.58. The first-order chi connectivity index (χ1) is 12.4. The Kier molecular flexibility index (Phi) is 5.27. The summed E-state index contributed by atoms with van der Waals surface area (Å²) in [5.41, 5.74) is 1.13. The molecule has 1 heterocycles. The monoisotopic (exact) mass is 375 g/mol. The summed E-state index contributed by atoms with van der Waals surface area (Å²) in [5, 5.41) is 8.33. The fraction of sp³-hybridized carbons (Fsp3) is 0.278. The van der Waals surface area contributed by atoms with Gasteiger partial charge in [0.15, 0.2) is 0 Å². The molecule has 7 nitrogen and oxygen atoms in total. The van der Waals surface area contributed by atoms with Crippen molar-refractivity contribution in [3.63, 3.8) is 0 Å². The number of anilines is 1. The number of hydrogen-bond acceptors (Lipinski definition) is 4. The molecule has 1 atom stereocenters. The van der Waals surface area contributed by atoms with Gasteiger partial charge in [-0.25, -0.2) is 0 Å². The van der Waals surface area contributed by atoms with E-state index >= 15 is 0 Å². The highest BCUT2D eigenvalue weighted by Gasteiger charge is 2.25. The molecular formula is C18H18ClN3O4. The van der Waals surface area contributed by atoms with Crippen molar-refractivity contribution in [1.29, 1.82) is 0 Å². The summed E-state index contributed by atoms with van der Waals surface area (Å²) in [7, 11) is 0. The summed E-state index contributed by atoms with van der Waals surface area (Å²) in [4.78, 5) is 36.2. The number of benzene rings is 1. The maximum absolute atomic E-state index is 12.2. The number of nitrogens with one attached hydrogen (secondary N) is 3. The Morgan fingerprint density at radius 1 is 1.19 bits per heavy atom. The van der Waals surface area contributed by atoms with Crippen molar-refractivity contribution < 1.29 is 18.8 Å². The van der Waals surface area contributed by atoms with Crippen molar-refractivity contribution in [2.24, 2.45) is 0 Å². The fourth-order valence-corrected chi connectivity index (χ4v) is 2.52. The second kappa shape index (κ2) is 7.61. The minimum absolute atomic E-state index is 0.226. The van der Waals surface area contributed by atoms with Crippen LogP contribution < -0.4 is 16.0 Å². The van der Waals surface area contributed by atoms with E-state index in [4.69, 9.17) is 16.0 Å². The molecule has 0 bridgehead atoms. The lowest BCUT2D eigenvalue weighted by molar-refractivity contribution is -0.117. The van der Waals surface area contributed by atoms with Crippen LogP contribution in [0.5, 0.6) is 0 Å². The van der Waals surface area contributed by atoms with Gasteiger partial charge in [-0.3, -0.25) is 14.4 Å². The molecule has 1 aromatic heterocycles. The number of rotatable bonds is 6. The van der Waals surface area contributed by atoms with Crippen LogP contribution in [0.1, 0.15) is 40.5 Å². The minimum Gasteiger partial charge on any atom is -0.472 e. The standard InChI is InChI=1S/C18H18ClN3O4/c1-10(20-17(24)11-6-7-26-9-11)16(23)22-13-4-5-14(15(19)8-13)18(25)21-12-2-3-12/h4-10,12H,2-3H2,1H3,(H,20,24)(H,21,25)(H,22,23)/t10-/m0/s1. The molecule has 3 amide bonds. The van der Waals surface area contributed by atoms with Crippen molar-refractivity contribution in [2.45, 2.75) is 31.8 Å². The third kappa shape index (κ3) is 4.43. The topological polar surface area (TPSA) is 100 Å². The van der Waals surface area contributed by atoms with Gasteiger partial charge in [0, 0.05) is 11.7 Å². The van der Waals surface area contributed by atoms with Gasteiger partial charge in [0.25, 0.3) is 11.8 Å². The van der Waals surface area contributed by atoms with E-state index in [1.54, 1.807) is 19.1 Å². The smallest absolute Gasteiger partial charge is 0.255 e. The Morgan fingerprint density at radius 2 is 1.96 bits per heavy atom. The van der Waals surface area contributed by atoms with Gasteiger partial charge in [-0.1, -0.05) is 11.6 Å². The number of amides is 3. The number of hydrogen-bond donors (Lipinski definition) is 3. The van der Waals surface area contributed by atoms with E-state index in [1.165, 1.54) is 24.7 Å². The second-order valence-corrected chi connectivity index (χ2v) is 6.55. The van der Waals surface area contributed by atoms with Crippen LogP contribution in [0.15, 0.2) is 41.2 Å². The van der Waals surface area contributed by atoms with Crippen molar-refractivity contribution in [1.82, 2.24) is 10.6 Å². The zero-order valence-electron chi connectivity index (χ0n) is 14.0. The largest absolute Gasteiger partial charge is 0.472 e. The fourth-order valence-electron chi connectivity index (χ4n) is 2.26. The lowest BCUT2D eigenvalue weighted by Crippen LogP contribution is -2.41. The molecule has 0 saturated heterocycles. The summed E-state index contributed by atoms with van der Waals surface area (Å²) in [6.07, 6.45) is 4.65. The van der Waals surface area contributed by atoms with Gasteiger partial charge in [0.1, 0.15) is 12.3 Å². The average molecular weight is 376 g/mol. The zero-order valence-corrected chi connectivity index (χ0v) is 14.8. The SMILES string of the molecule is C[C@H](NC(=O)c1ccoc1)C(=O)Nc1ccc(C(=O)NC2CC2)c(Cl)c1. The van der Waals surface area contributed by atoms with Crippen LogP contribution >= 0.6 is 11.6 Å². The van der Waals surface area contributed by atoms with Crippen molar-refractivity contribution in [3.05, 3.63) is 52.9 Å². The molecule has 26 heavy (non-hydrogen) atoms. The normalized spacial score (nSPS) is 14.4. The molecule has 1 aromatic carbocycles. The summed E-state index contributed by atoms with van der Waals surface area (Å²) in [5.74, 6) is -1.05. The van der Waals surface area contributed by atoms with E-state index < -0.39 is 17.9 Å². The van der Waals surface area contributed by atoms with Gasteiger partial charge in [-0.15, -0.1) is 0 Å².